The molecule has 0 aromatic rings. The molecule has 0 radical (unpaired) electrons. The highest BCUT2D eigenvalue weighted by molar-refractivity contribution is 5.85. The number of fused-ring (bicyclic) bond motifs is 1. The van der Waals surface area contributed by atoms with E-state index in [1.807, 2.05) is 0 Å². The van der Waals surface area contributed by atoms with Gasteiger partial charge >= 0.3 is 6.03 Å². The van der Waals surface area contributed by atoms with Crippen molar-refractivity contribution < 1.29 is 14.3 Å². The van der Waals surface area contributed by atoms with E-state index in [2.05, 4.69) is 17.6 Å². The molecule has 2 N–H and O–H groups in total. The molecule has 3 rings (SSSR count). The van der Waals surface area contributed by atoms with Gasteiger partial charge in [0.05, 0.1) is 12.0 Å². The number of carbonyl (C=O) groups excluding carboxylic acids is 2. The Morgan fingerprint density at radius 1 is 1.32 bits per heavy atom. The molecule has 3 fully saturated rings. The molecule has 124 valence electrons. The number of carbonyl (C=O) groups is 2. The minimum Gasteiger partial charge on any atom is -0.381 e. The fourth-order valence-electron chi connectivity index (χ4n) is 4.08. The summed E-state index contributed by atoms with van der Waals surface area (Å²) in [7, 11) is 1.67. The molecule has 3 aliphatic rings. The summed E-state index contributed by atoms with van der Waals surface area (Å²) in [6.45, 7) is 5.22. The summed E-state index contributed by atoms with van der Waals surface area (Å²) in [5.41, 5.74) is -0.200. The van der Waals surface area contributed by atoms with Crippen LogP contribution in [-0.4, -0.2) is 56.7 Å². The second-order valence-corrected chi connectivity index (χ2v) is 7.46. The number of nitrogens with zero attached hydrogens (tertiary/aromatic N) is 1. The van der Waals surface area contributed by atoms with Crippen LogP contribution in [-0.2, 0) is 9.53 Å². The summed E-state index contributed by atoms with van der Waals surface area (Å²) in [6, 6.07) is -0.0363. The smallest absolute Gasteiger partial charge is 0.317 e. The van der Waals surface area contributed by atoms with E-state index in [9.17, 15) is 9.59 Å². The molecule has 1 saturated carbocycles. The number of hydrogen-bond acceptors (Lipinski definition) is 3. The van der Waals surface area contributed by atoms with Crippen LogP contribution in [0.2, 0.25) is 0 Å². The van der Waals surface area contributed by atoms with Gasteiger partial charge in [-0.1, -0.05) is 13.3 Å². The highest BCUT2D eigenvalue weighted by atomic mass is 16.5. The maximum Gasteiger partial charge on any atom is 0.317 e. The third-order valence-electron chi connectivity index (χ3n) is 5.90. The van der Waals surface area contributed by atoms with E-state index in [1.165, 1.54) is 19.3 Å². The van der Waals surface area contributed by atoms with Crippen molar-refractivity contribution in [1.82, 2.24) is 15.5 Å². The van der Waals surface area contributed by atoms with E-state index in [4.69, 9.17) is 4.74 Å². The lowest BCUT2D eigenvalue weighted by Gasteiger charge is -2.38. The molecule has 3 amide bonds. The van der Waals surface area contributed by atoms with E-state index in [-0.39, 0.29) is 23.3 Å². The first-order chi connectivity index (χ1) is 10.5. The van der Waals surface area contributed by atoms with Crippen molar-refractivity contribution in [3.05, 3.63) is 0 Å². The van der Waals surface area contributed by atoms with Crippen LogP contribution in [0.15, 0.2) is 0 Å². The van der Waals surface area contributed by atoms with E-state index in [0.717, 1.165) is 6.54 Å². The SMILES string of the molecule is CNC(=O)[C@@]12CCOC[C@@H]1CN(C(=O)NCC1(C)CCC1)C2. The zero-order valence-electron chi connectivity index (χ0n) is 13.6. The molecule has 2 heterocycles. The maximum atomic E-state index is 12.5. The molecule has 1 aliphatic carbocycles. The normalized spacial score (nSPS) is 32.8. The summed E-state index contributed by atoms with van der Waals surface area (Å²) in [6.07, 6.45) is 4.33. The van der Waals surface area contributed by atoms with Crippen LogP contribution < -0.4 is 10.6 Å². The van der Waals surface area contributed by atoms with Gasteiger partial charge in [0.1, 0.15) is 0 Å². The molecule has 22 heavy (non-hydrogen) atoms. The average Bonchev–Trinajstić information content (AvgIpc) is 2.90. The van der Waals surface area contributed by atoms with E-state index in [1.54, 1.807) is 11.9 Å². The Morgan fingerprint density at radius 2 is 2.09 bits per heavy atom. The predicted octanol–water partition coefficient (Wildman–Crippen LogP) is 0.971. The van der Waals surface area contributed by atoms with Crippen molar-refractivity contribution >= 4 is 11.9 Å². The highest BCUT2D eigenvalue weighted by Gasteiger charge is 2.54. The van der Waals surface area contributed by atoms with Crippen molar-refractivity contribution in [2.75, 3.05) is 39.9 Å². The lowest BCUT2D eigenvalue weighted by atomic mass is 9.70. The van der Waals surface area contributed by atoms with Gasteiger partial charge in [-0.15, -0.1) is 0 Å². The summed E-state index contributed by atoms with van der Waals surface area (Å²) in [4.78, 5) is 26.7. The molecule has 2 aliphatic heterocycles. The third-order valence-corrected chi connectivity index (χ3v) is 5.90. The van der Waals surface area contributed by atoms with Crippen LogP contribution in [0.25, 0.3) is 0 Å². The first-order valence-electron chi connectivity index (χ1n) is 8.32. The van der Waals surface area contributed by atoms with Crippen molar-refractivity contribution in [1.29, 1.82) is 0 Å². The molecule has 2 atom stereocenters. The highest BCUT2D eigenvalue weighted by Crippen LogP contribution is 2.43. The minimum atomic E-state index is -0.468. The van der Waals surface area contributed by atoms with Crippen LogP contribution in [0.1, 0.15) is 32.6 Å². The molecule has 6 nitrogen and oxygen atoms in total. The molecular formula is C16H27N3O3. The fourth-order valence-corrected chi connectivity index (χ4v) is 4.08. The van der Waals surface area contributed by atoms with Crippen LogP contribution in [0.3, 0.4) is 0 Å². The minimum absolute atomic E-state index is 0.0363. The number of hydrogen-bond donors (Lipinski definition) is 2. The number of nitrogens with one attached hydrogen (secondary N) is 2. The predicted molar refractivity (Wildman–Crippen MR) is 82.4 cm³/mol. The van der Waals surface area contributed by atoms with Crippen LogP contribution in [0.5, 0.6) is 0 Å². The monoisotopic (exact) mass is 309 g/mol. The summed E-state index contributed by atoms with van der Waals surface area (Å²) in [5.74, 6) is 0.147. The lowest BCUT2D eigenvalue weighted by Crippen LogP contribution is -2.50. The molecule has 0 bridgehead atoms. The van der Waals surface area contributed by atoms with Gasteiger partial charge in [0.25, 0.3) is 0 Å². The van der Waals surface area contributed by atoms with Gasteiger partial charge in [-0.05, 0) is 24.7 Å². The van der Waals surface area contributed by atoms with Crippen molar-refractivity contribution in [2.24, 2.45) is 16.7 Å². The maximum absolute atomic E-state index is 12.5. The largest absolute Gasteiger partial charge is 0.381 e. The molecule has 0 aromatic heterocycles. The van der Waals surface area contributed by atoms with Crippen molar-refractivity contribution in [3.8, 4) is 0 Å². The number of likely N-dealkylation sites (tertiary alicyclic amines) is 1. The Hall–Kier alpha value is -1.30. The van der Waals surface area contributed by atoms with E-state index in [0.29, 0.717) is 32.7 Å². The molecule has 6 heteroatoms. The Morgan fingerprint density at radius 3 is 2.73 bits per heavy atom. The first kappa shape index (κ1) is 15.6. The lowest BCUT2D eigenvalue weighted by molar-refractivity contribution is -0.138. The third kappa shape index (κ3) is 2.57. The van der Waals surface area contributed by atoms with Gasteiger partial charge in [0, 0.05) is 39.2 Å². The Bertz CT molecular complexity index is 464. The van der Waals surface area contributed by atoms with Gasteiger partial charge < -0.3 is 20.3 Å². The van der Waals surface area contributed by atoms with E-state index >= 15 is 0 Å². The molecule has 0 spiro atoms. The molecule has 0 unspecified atom stereocenters. The molecular weight excluding hydrogens is 282 g/mol. The first-order valence-corrected chi connectivity index (χ1v) is 8.32. The standard InChI is InChI=1S/C16H27N3O3/c1-15(4-3-5-15)10-18-14(21)19-8-12-9-22-7-6-16(12,11-19)13(20)17-2/h12H,3-11H2,1-2H3,(H,17,20)(H,18,21)/t12-,16+/m0/s1. The van der Waals surface area contributed by atoms with Gasteiger partial charge in [-0.25, -0.2) is 4.79 Å². The van der Waals surface area contributed by atoms with Crippen molar-refractivity contribution in [3.63, 3.8) is 0 Å². The van der Waals surface area contributed by atoms with Gasteiger partial charge in [-0.3, -0.25) is 4.79 Å². The Kier molecular flexibility index (Phi) is 4.05. The summed E-state index contributed by atoms with van der Waals surface area (Å²) in [5, 5.41) is 5.84. The summed E-state index contributed by atoms with van der Waals surface area (Å²) >= 11 is 0. The van der Waals surface area contributed by atoms with Gasteiger partial charge in [0.15, 0.2) is 0 Å². The fraction of sp³-hybridized carbons (Fsp3) is 0.875. The average molecular weight is 309 g/mol. The number of urea groups is 1. The Labute approximate surface area is 131 Å². The quantitative estimate of drug-likeness (QED) is 0.816. The van der Waals surface area contributed by atoms with Crippen LogP contribution in [0.4, 0.5) is 4.79 Å². The van der Waals surface area contributed by atoms with Crippen LogP contribution >= 0.6 is 0 Å². The number of ether oxygens (including phenoxy) is 1. The Balaban J connectivity index is 1.63. The zero-order valence-corrected chi connectivity index (χ0v) is 13.6. The summed E-state index contributed by atoms with van der Waals surface area (Å²) < 4.78 is 5.53. The van der Waals surface area contributed by atoms with Crippen LogP contribution in [0, 0.1) is 16.7 Å². The van der Waals surface area contributed by atoms with E-state index < -0.39 is 5.41 Å². The molecule has 2 saturated heterocycles. The number of amides is 3. The van der Waals surface area contributed by atoms with Gasteiger partial charge in [-0.2, -0.15) is 0 Å². The number of rotatable bonds is 3. The second kappa shape index (κ2) is 5.72. The topological polar surface area (TPSA) is 70.7 Å². The molecule has 0 aromatic carbocycles. The van der Waals surface area contributed by atoms with Gasteiger partial charge in [0.2, 0.25) is 5.91 Å². The zero-order chi connectivity index (χ0) is 15.8. The van der Waals surface area contributed by atoms with Crippen molar-refractivity contribution in [2.45, 2.75) is 32.6 Å². The second-order valence-electron chi connectivity index (χ2n) is 7.46.